The summed E-state index contributed by atoms with van der Waals surface area (Å²) in [6, 6.07) is 2.10. The van der Waals surface area contributed by atoms with Crippen LogP contribution in [0.1, 0.15) is 24.8 Å². The second-order valence-electron chi connectivity index (χ2n) is 4.52. The van der Waals surface area contributed by atoms with Gasteiger partial charge in [-0.25, -0.2) is 4.98 Å². The number of aromatic amines is 1. The summed E-state index contributed by atoms with van der Waals surface area (Å²) in [6.07, 6.45) is 7.75. The monoisotopic (exact) mass is 281 g/mol. The molecule has 0 aliphatic carbocycles. The van der Waals surface area contributed by atoms with E-state index in [4.69, 9.17) is 12.2 Å². The van der Waals surface area contributed by atoms with Crippen molar-refractivity contribution in [2.24, 2.45) is 0 Å². The number of nitrogens with one attached hydrogen (secondary N) is 1. The molecule has 1 N–H and O–H groups in total. The van der Waals surface area contributed by atoms with E-state index < -0.39 is 0 Å². The van der Waals surface area contributed by atoms with Crippen molar-refractivity contribution in [1.82, 2.24) is 14.5 Å². The van der Waals surface area contributed by atoms with Crippen LogP contribution in [-0.2, 0) is 6.54 Å². The molecule has 0 saturated carbocycles. The summed E-state index contributed by atoms with van der Waals surface area (Å²) in [5.41, 5.74) is 3.19. The molecule has 0 bridgehead atoms. The molecule has 0 radical (unpaired) electrons. The predicted molar refractivity (Wildman–Crippen MR) is 81.9 cm³/mol. The molecule has 0 aromatic carbocycles. The first-order valence-electron chi connectivity index (χ1n) is 6.26. The fourth-order valence-corrected chi connectivity index (χ4v) is 2.83. The minimum absolute atomic E-state index is 0.785. The van der Waals surface area contributed by atoms with Crippen LogP contribution in [0.2, 0.25) is 0 Å². The second kappa shape index (κ2) is 6.38. The van der Waals surface area contributed by atoms with E-state index in [9.17, 15) is 0 Å². The number of hydrogen-bond donors (Lipinski definition) is 1. The van der Waals surface area contributed by atoms with E-state index in [0.717, 1.165) is 34.5 Å². The highest BCUT2D eigenvalue weighted by molar-refractivity contribution is 7.98. The molecule has 98 valence electrons. The van der Waals surface area contributed by atoms with Gasteiger partial charge < -0.3 is 9.55 Å². The van der Waals surface area contributed by atoms with Gasteiger partial charge in [-0.1, -0.05) is 6.42 Å². The number of imidazole rings is 1. The van der Waals surface area contributed by atoms with E-state index in [-0.39, 0.29) is 0 Å². The Labute approximate surface area is 117 Å². The van der Waals surface area contributed by atoms with Gasteiger partial charge in [0.15, 0.2) is 10.4 Å². The minimum atomic E-state index is 0.785. The summed E-state index contributed by atoms with van der Waals surface area (Å²) >= 11 is 7.27. The van der Waals surface area contributed by atoms with Crippen molar-refractivity contribution >= 4 is 35.1 Å². The molecule has 0 spiro atoms. The van der Waals surface area contributed by atoms with Crippen LogP contribution in [0.15, 0.2) is 12.3 Å². The van der Waals surface area contributed by atoms with Crippen LogP contribution in [0.3, 0.4) is 0 Å². The van der Waals surface area contributed by atoms with Gasteiger partial charge in [-0.05, 0) is 55.6 Å². The van der Waals surface area contributed by atoms with Gasteiger partial charge in [-0.15, -0.1) is 0 Å². The maximum atomic E-state index is 5.36. The van der Waals surface area contributed by atoms with E-state index in [1.165, 1.54) is 18.6 Å². The third kappa shape index (κ3) is 3.14. The molecule has 3 nitrogen and oxygen atoms in total. The number of hydrogen-bond acceptors (Lipinski definition) is 3. The number of H-pyrrole nitrogens is 1. The molecule has 0 aliphatic rings. The molecule has 5 heteroatoms. The average Bonchev–Trinajstić information content (AvgIpc) is 2.64. The topological polar surface area (TPSA) is 33.6 Å². The van der Waals surface area contributed by atoms with Crippen molar-refractivity contribution in [3.63, 3.8) is 0 Å². The van der Waals surface area contributed by atoms with E-state index in [1.807, 2.05) is 24.9 Å². The molecule has 18 heavy (non-hydrogen) atoms. The van der Waals surface area contributed by atoms with Crippen LogP contribution in [0.25, 0.3) is 11.2 Å². The molecule has 0 aliphatic heterocycles. The molecule has 0 unspecified atom stereocenters. The third-order valence-corrected chi connectivity index (χ3v) is 4.00. The summed E-state index contributed by atoms with van der Waals surface area (Å²) < 4.78 is 2.90. The van der Waals surface area contributed by atoms with Crippen LogP contribution in [0.4, 0.5) is 0 Å². The molecule has 2 aromatic rings. The molecule has 0 fully saturated rings. The number of unbranched alkanes of at least 4 members (excludes halogenated alkanes) is 2. The standard InChI is InChI=1S/C13H19N3S2/c1-10-8-11-12(14-9-10)16(13(17)15-11)6-4-3-5-7-18-2/h8-9H,3-7H2,1-2H3,(H,15,17). The summed E-state index contributed by atoms with van der Waals surface area (Å²) in [6.45, 7) is 3.01. The van der Waals surface area contributed by atoms with Crippen molar-refractivity contribution in [3.8, 4) is 0 Å². The molecule has 0 amide bonds. The number of thioether (sulfide) groups is 1. The fourth-order valence-electron chi connectivity index (χ4n) is 2.05. The lowest BCUT2D eigenvalue weighted by Gasteiger charge is -2.03. The number of rotatable bonds is 6. The molecule has 0 saturated heterocycles. The first-order chi connectivity index (χ1) is 8.72. The Bertz CT molecular complexity index is 571. The van der Waals surface area contributed by atoms with E-state index in [2.05, 4.69) is 26.9 Å². The van der Waals surface area contributed by atoms with Crippen LogP contribution in [-0.4, -0.2) is 26.5 Å². The van der Waals surface area contributed by atoms with Gasteiger partial charge in [0.1, 0.15) is 0 Å². The second-order valence-corrected chi connectivity index (χ2v) is 5.89. The van der Waals surface area contributed by atoms with Crippen molar-refractivity contribution in [1.29, 1.82) is 0 Å². The van der Waals surface area contributed by atoms with E-state index >= 15 is 0 Å². The Morgan fingerprint density at radius 1 is 1.39 bits per heavy atom. The van der Waals surface area contributed by atoms with Gasteiger partial charge in [0.25, 0.3) is 0 Å². The summed E-state index contributed by atoms with van der Waals surface area (Å²) in [4.78, 5) is 7.71. The number of pyridine rings is 1. The van der Waals surface area contributed by atoms with Gasteiger partial charge >= 0.3 is 0 Å². The molecular weight excluding hydrogens is 262 g/mol. The Balaban J connectivity index is 2.08. The van der Waals surface area contributed by atoms with E-state index in [1.54, 1.807) is 0 Å². The van der Waals surface area contributed by atoms with Gasteiger partial charge in [-0.3, -0.25) is 0 Å². The fraction of sp³-hybridized carbons (Fsp3) is 0.538. The number of nitrogens with zero attached hydrogens (tertiary/aromatic N) is 2. The zero-order valence-corrected chi connectivity index (χ0v) is 12.5. The van der Waals surface area contributed by atoms with Crippen molar-refractivity contribution < 1.29 is 0 Å². The van der Waals surface area contributed by atoms with Gasteiger partial charge in [0.05, 0.1) is 5.52 Å². The lowest BCUT2D eigenvalue weighted by atomic mass is 10.2. The third-order valence-electron chi connectivity index (χ3n) is 2.98. The van der Waals surface area contributed by atoms with Crippen LogP contribution in [0.5, 0.6) is 0 Å². The molecular formula is C13H19N3S2. The quantitative estimate of drug-likeness (QED) is 0.643. The summed E-state index contributed by atoms with van der Waals surface area (Å²) in [5.74, 6) is 1.25. The zero-order valence-electron chi connectivity index (χ0n) is 10.9. The highest BCUT2D eigenvalue weighted by Crippen LogP contribution is 2.14. The lowest BCUT2D eigenvalue weighted by molar-refractivity contribution is 0.608. The normalized spacial score (nSPS) is 11.2. The number of aromatic nitrogens is 3. The SMILES string of the molecule is CSCCCCCn1c(=S)[nH]c2cc(C)cnc21. The lowest BCUT2D eigenvalue weighted by Crippen LogP contribution is -1.99. The highest BCUT2D eigenvalue weighted by Gasteiger charge is 2.05. The van der Waals surface area contributed by atoms with Gasteiger partial charge in [0.2, 0.25) is 0 Å². The first kappa shape index (κ1) is 13.6. The smallest absolute Gasteiger partial charge is 0.179 e. The van der Waals surface area contributed by atoms with Crippen molar-refractivity contribution in [3.05, 3.63) is 22.6 Å². The molecule has 2 aromatic heterocycles. The highest BCUT2D eigenvalue weighted by atomic mass is 32.2. The van der Waals surface area contributed by atoms with Crippen LogP contribution < -0.4 is 0 Å². The molecule has 2 heterocycles. The zero-order chi connectivity index (χ0) is 13.0. The largest absolute Gasteiger partial charge is 0.329 e. The Morgan fingerprint density at radius 3 is 3.00 bits per heavy atom. The van der Waals surface area contributed by atoms with Crippen molar-refractivity contribution in [2.45, 2.75) is 32.7 Å². The summed E-state index contributed by atoms with van der Waals surface area (Å²) in [7, 11) is 0. The number of fused-ring (bicyclic) bond motifs is 1. The minimum Gasteiger partial charge on any atom is -0.329 e. The maximum absolute atomic E-state index is 5.36. The summed E-state index contributed by atoms with van der Waals surface area (Å²) in [5, 5.41) is 0. The molecule has 0 atom stereocenters. The van der Waals surface area contributed by atoms with E-state index in [0.29, 0.717) is 0 Å². The molecule has 2 rings (SSSR count). The average molecular weight is 281 g/mol. The van der Waals surface area contributed by atoms with Crippen LogP contribution >= 0.6 is 24.0 Å². The predicted octanol–water partition coefficient (Wildman–Crippen LogP) is 3.94. The van der Waals surface area contributed by atoms with Crippen molar-refractivity contribution in [2.75, 3.05) is 12.0 Å². The van der Waals surface area contributed by atoms with Gasteiger partial charge in [0, 0.05) is 12.7 Å². The Morgan fingerprint density at radius 2 is 2.22 bits per heavy atom. The Hall–Kier alpha value is -0.810. The Kier molecular flexibility index (Phi) is 4.83. The maximum Gasteiger partial charge on any atom is 0.179 e. The first-order valence-corrected chi connectivity index (χ1v) is 8.06. The van der Waals surface area contributed by atoms with Gasteiger partial charge in [-0.2, -0.15) is 11.8 Å². The van der Waals surface area contributed by atoms with Crippen LogP contribution in [0, 0.1) is 11.7 Å². The number of aryl methyl sites for hydroxylation is 2.